The molecule has 4 rings (SSSR count). The van der Waals surface area contributed by atoms with Crippen molar-refractivity contribution in [3.8, 4) is 0 Å². The van der Waals surface area contributed by atoms with Crippen LogP contribution in [0, 0.1) is 13.8 Å². The summed E-state index contributed by atoms with van der Waals surface area (Å²) in [4.78, 5) is 13.9. The van der Waals surface area contributed by atoms with Crippen LogP contribution in [0.4, 0.5) is 23.9 Å². The number of nitrogens with one attached hydrogen (secondary N) is 2. The molecule has 0 saturated heterocycles. The third-order valence-corrected chi connectivity index (χ3v) is 6.76. The van der Waals surface area contributed by atoms with E-state index in [0.717, 1.165) is 33.7 Å². The summed E-state index contributed by atoms with van der Waals surface area (Å²) in [5, 5.41) is 6.97. The first kappa shape index (κ1) is 23.6. The predicted molar refractivity (Wildman–Crippen MR) is 132 cm³/mol. The molecule has 0 fully saturated rings. The second kappa shape index (κ2) is 9.73. The molecule has 1 unspecified atom stereocenters. The summed E-state index contributed by atoms with van der Waals surface area (Å²) in [7, 11) is 0. The highest BCUT2D eigenvalue weighted by Gasteiger charge is 2.31. The van der Waals surface area contributed by atoms with Crippen molar-refractivity contribution in [2.24, 2.45) is 0 Å². The number of benzene rings is 3. The average Bonchev–Trinajstić information content (AvgIpc) is 3.11. The first-order chi connectivity index (χ1) is 16.2. The SMILES string of the molecule is Cc1sc(NC(=O)c2ccccc2)c(C(Nc2cccc(C(F)(F)F)c2)c2ccccc2)c1C. The number of carbonyl (C=O) groups is 1. The zero-order valence-corrected chi connectivity index (χ0v) is 19.4. The van der Waals surface area contributed by atoms with E-state index in [1.165, 1.54) is 17.4 Å². The van der Waals surface area contributed by atoms with Crippen LogP contribution < -0.4 is 10.6 Å². The summed E-state index contributed by atoms with van der Waals surface area (Å²) in [6, 6.07) is 23.1. The van der Waals surface area contributed by atoms with Crippen molar-refractivity contribution in [3.63, 3.8) is 0 Å². The molecule has 7 heteroatoms. The van der Waals surface area contributed by atoms with E-state index in [-0.39, 0.29) is 5.91 Å². The fourth-order valence-corrected chi connectivity index (χ4v) is 4.86. The molecule has 0 aliphatic heterocycles. The summed E-state index contributed by atoms with van der Waals surface area (Å²) in [6.45, 7) is 3.93. The smallest absolute Gasteiger partial charge is 0.374 e. The zero-order valence-electron chi connectivity index (χ0n) is 18.6. The second-order valence-electron chi connectivity index (χ2n) is 7.91. The number of thiophene rings is 1. The van der Waals surface area contributed by atoms with Crippen molar-refractivity contribution in [2.45, 2.75) is 26.1 Å². The van der Waals surface area contributed by atoms with Crippen molar-refractivity contribution in [3.05, 3.63) is 118 Å². The maximum atomic E-state index is 13.3. The molecule has 1 heterocycles. The standard InChI is InChI=1S/C27H23F3N2OS/c1-17-18(2)34-26(32-25(33)20-12-7-4-8-13-20)23(17)24(19-10-5-3-6-11-19)31-22-15-9-14-21(16-22)27(28,29)30/h3-16,24,31H,1-2H3,(H,32,33). The molecule has 1 aromatic heterocycles. The molecule has 0 radical (unpaired) electrons. The highest BCUT2D eigenvalue weighted by atomic mass is 32.1. The van der Waals surface area contributed by atoms with Gasteiger partial charge in [-0.2, -0.15) is 13.2 Å². The van der Waals surface area contributed by atoms with Crippen LogP contribution in [0.5, 0.6) is 0 Å². The number of amides is 1. The number of hydrogen-bond acceptors (Lipinski definition) is 3. The van der Waals surface area contributed by atoms with Crippen LogP contribution in [0.15, 0.2) is 84.9 Å². The van der Waals surface area contributed by atoms with Gasteiger partial charge in [0.2, 0.25) is 0 Å². The lowest BCUT2D eigenvalue weighted by molar-refractivity contribution is -0.137. The van der Waals surface area contributed by atoms with Crippen LogP contribution in [0.3, 0.4) is 0 Å². The number of carbonyl (C=O) groups excluding carboxylic acids is 1. The van der Waals surface area contributed by atoms with Gasteiger partial charge in [-0.05, 0) is 55.3 Å². The van der Waals surface area contributed by atoms with Crippen LogP contribution in [0.25, 0.3) is 0 Å². The molecule has 4 aromatic rings. The number of halogens is 3. The van der Waals surface area contributed by atoms with Gasteiger partial charge in [-0.1, -0.05) is 54.6 Å². The molecule has 0 spiro atoms. The topological polar surface area (TPSA) is 41.1 Å². The highest BCUT2D eigenvalue weighted by Crippen LogP contribution is 2.41. The molecular formula is C27H23F3N2OS. The minimum absolute atomic E-state index is 0.242. The molecular weight excluding hydrogens is 457 g/mol. The third kappa shape index (κ3) is 5.15. The van der Waals surface area contributed by atoms with Crippen LogP contribution in [0.1, 0.15) is 43.5 Å². The van der Waals surface area contributed by atoms with Crippen LogP contribution in [-0.4, -0.2) is 5.91 Å². The molecule has 0 bridgehead atoms. The van der Waals surface area contributed by atoms with Gasteiger partial charge in [-0.3, -0.25) is 4.79 Å². The Morgan fingerprint density at radius 1 is 0.882 bits per heavy atom. The van der Waals surface area contributed by atoms with Crippen molar-refractivity contribution in [2.75, 3.05) is 10.6 Å². The molecule has 1 atom stereocenters. The molecule has 0 saturated carbocycles. The molecule has 34 heavy (non-hydrogen) atoms. The number of anilines is 2. The Hall–Kier alpha value is -3.58. The zero-order chi connectivity index (χ0) is 24.3. The van der Waals surface area contributed by atoms with Gasteiger partial charge in [0, 0.05) is 21.7 Å². The molecule has 0 aliphatic carbocycles. The van der Waals surface area contributed by atoms with E-state index in [4.69, 9.17) is 0 Å². The third-order valence-electron chi connectivity index (χ3n) is 5.62. The Balaban J connectivity index is 1.77. The van der Waals surface area contributed by atoms with Gasteiger partial charge >= 0.3 is 6.18 Å². The molecule has 3 nitrogen and oxygen atoms in total. The first-order valence-electron chi connectivity index (χ1n) is 10.7. The van der Waals surface area contributed by atoms with Gasteiger partial charge in [-0.25, -0.2) is 0 Å². The molecule has 2 N–H and O–H groups in total. The lowest BCUT2D eigenvalue weighted by Crippen LogP contribution is -2.17. The van der Waals surface area contributed by atoms with E-state index in [2.05, 4.69) is 10.6 Å². The normalized spacial score (nSPS) is 12.3. The van der Waals surface area contributed by atoms with Crippen LogP contribution >= 0.6 is 11.3 Å². The highest BCUT2D eigenvalue weighted by molar-refractivity contribution is 7.16. The van der Waals surface area contributed by atoms with E-state index in [9.17, 15) is 18.0 Å². The average molecular weight is 481 g/mol. The van der Waals surface area contributed by atoms with E-state index >= 15 is 0 Å². The summed E-state index contributed by atoms with van der Waals surface area (Å²) >= 11 is 1.45. The van der Waals surface area contributed by atoms with Crippen molar-refractivity contribution >= 4 is 27.9 Å². The summed E-state index contributed by atoms with van der Waals surface area (Å²) in [5.41, 5.74) is 2.82. The second-order valence-corrected chi connectivity index (χ2v) is 9.14. The van der Waals surface area contributed by atoms with Gasteiger partial charge in [-0.15, -0.1) is 11.3 Å². The summed E-state index contributed by atoms with van der Waals surface area (Å²) in [6.07, 6.45) is -4.44. The van der Waals surface area contributed by atoms with Crippen LogP contribution in [-0.2, 0) is 6.18 Å². The number of aryl methyl sites for hydroxylation is 1. The lowest BCUT2D eigenvalue weighted by Gasteiger charge is -2.23. The molecule has 3 aromatic carbocycles. The summed E-state index contributed by atoms with van der Waals surface area (Å²) in [5.74, 6) is -0.242. The summed E-state index contributed by atoms with van der Waals surface area (Å²) < 4.78 is 39.9. The maximum absolute atomic E-state index is 13.3. The number of alkyl halides is 3. The monoisotopic (exact) mass is 480 g/mol. The Labute approximate surface area is 200 Å². The Morgan fingerprint density at radius 3 is 2.18 bits per heavy atom. The predicted octanol–water partition coefficient (Wildman–Crippen LogP) is 7.84. The largest absolute Gasteiger partial charge is 0.416 e. The maximum Gasteiger partial charge on any atom is 0.416 e. The lowest BCUT2D eigenvalue weighted by atomic mass is 9.96. The Morgan fingerprint density at radius 2 is 1.53 bits per heavy atom. The van der Waals surface area contributed by atoms with E-state index < -0.39 is 17.8 Å². The fourth-order valence-electron chi connectivity index (χ4n) is 3.77. The van der Waals surface area contributed by atoms with Crippen molar-refractivity contribution < 1.29 is 18.0 Å². The van der Waals surface area contributed by atoms with Crippen molar-refractivity contribution in [1.29, 1.82) is 0 Å². The fraction of sp³-hybridized carbons (Fsp3) is 0.148. The van der Waals surface area contributed by atoms with E-state index in [0.29, 0.717) is 16.3 Å². The number of hydrogen-bond donors (Lipinski definition) is 2. The Kier molecular flexibility index (Phi) is 6.75. The minimum atomic E-state index is -4.44. The number of rotatable bonds is 6. The molecule has 0 aliphatic rings. The van der Waals surface area contributed by atoms with Gasteiger partial charge in [0.05, 0.1) is 11.6 Å². The molecule has 174 valence electrons. The van der Waals surface area contributed by atoms with E-state index in [1.807, 2.05) is 50.2 Å². The van der Waals surface area contributed by atoms with Gasteiger partial charge in [0.15, 0.2) is 0 Å². The molecule has 1 amide bonds. The van der Waals surface area contributed by atoms with Crippen LogP contribution in [0.2, 0.25) is 0 Å². The Bertz CT molecular complexity index is 1280. The van der Waals surface area contributed by atoms with Crippen molar-refractivity contribution in [1.82, 2.24) is 0 Å². The van der Waals surface area contributed by atoms with Gasteiger partial charge in [0.25, 0.3) is 5.91 Å². The minimum Gasteiger partial charge on any atom is -0.374 e. The van der Waals surface area contributed by atoms with Gasteiger partial charge < -0.3 is 10.6 Å². The first-order valence-corrected chi connectivity index (χ1v) is 11.5. The quantitative estimate of drug-likeness (QED) is 0.295. The van der Waals surface area contributed by atoms with Gasteiger partial charge in [0.1, 0.15) is 5.00 Å². The van der Waals surface area contributed by atoms with E-state index in [1.54, 1.807) is 30.3 Å².